The minimum Gasteiger partial charge on any atom is -0.381 e. The van der Waals surface area contributed by atoms with Gasteiger partial charge in [-0.2, -0.15) is 5.10 Å². The fourth-order valence-corrected chi connectivity index (χ4v) is 2.62. The van der Waals surface area contributed by atoms with E-state index in [-0.39, 0.29) is 11.6 Å². The highest BCUT2D eigenvalue weighted by molar-refractivity contribution is 6.01. The minimum atomic E-state index is -0.461. The van der Waals surface area contributed by atoms with Crippen LogP contribution in [0.2, 0.25) is 0 Å². The molecule has 0 aliphatic heterocycles. The molecule has 3 rings (SSSR count). The lowest BCUT2D eigenvalue weighted by Crippen LogP contribution is -2.19. The zero-order chi connectivity index (χ0) is 20.6. The average molecular weight is 388 g/mol. The Kier molecular flexibility index (Phi) is 6.32. The normalized spacial score (nSPS) is 11.0. The Morgan fingerprint density at radius 1 is 0.931 bits per heavy atom. The van der Waals surface area contributed by atoms with Crippen LogP contribution in [0.4, 0.5) is 11.4 Å². The molecule has 7 nitrogen and oxygen atoms in total. The zero-order valence-electron chi connectivity index (χ0n) is 15.8. The number of carbonyl (C=O) groups is 1. The summed E-state index contributed by atoms with van der Waals surface area (Å²) >= 11 is 0. The van der Waals surface area contributed by atoms with Crippen molar-refractivity contribution in [3.8, 4) is 0 Å². The zero-order valence-corrected chi connectivity index (χ0v) is 15.8. The molecule has 0 atom stereocenters. The van der Waals surface area contributed by atoms with Gasteiger partial charge in [0.2, 0.25) is 0 Å². The maximum Gasteiger partial charge on any atom is 0.271 e. The van der Waals surface area contributed by atoms with Gasteiger partial charge in [0.1, 0.15) is 0 Å². The van der Waals surface area contributed by atoms with Crippen molar-refractivity contribution < 1.29 is 9.72 Å². The van der Waals surface area contributed by atoms with Crippen LogP contribution in [0.15, 0.2) is 84.0 Å². The molecule has 29 heavy (non-hydrogen) atoms. The molecule has 0 aliphatic carbocycles. The van der Waals surface area contributed by atoms with Crippen LogP contribution < -0.4 is 10.7 Å². The van der Waals surface area contributed by atoms with Crippen molar-refractivity contribution in [2.24, 2.45) is 5.10 Å². The monoisotopic (exact) mass is 388 g/mol. The number of hydrazone groups is 1. The molecule has 0 spiro atoms. The van der Waals surface area contributed by atoms with E-state index < -0.39 is 4.92 Å². The second kappa shape index (κ2) is 9.27. The number of hydrogen-bond donors (Lipinski definition) is 2. The maximum atomic E-state index is 12.3. The number of benzene rings is 3. The molecule has 0 radical (unpaired) electrons. The second-order valence-electron chi connectivity index (χ2n) is 6.36. The van der Waals surface area contributed by atoms with Crippen molar-refractivity contribution in [1.82, 2.24) is 5.43 Å². The highest BCUT2D eigenvalue weighted by Gasteiger charge is 2.07. The van der Waals surface area contributed by atoms with Gasteiger partial charge in [-0.1, -0.05) is 30.3 Å². The van der Waals surface area contributed by atoms with E-state index in [4.69, 9.17) is 0 Å². The molecule has 1 amide bonds. The Morgan fingerprint density at radius 2 is 1.55 bits per heavy atom. The molecule has 0 aromatic heterocycles. The second-order valence-corrected chi connectivity index (χ2v) is 6.36. The Morgan fingerprint density at radius 3 is 2.17 bits per heavy atom. The molecule has 0 bridgehead atoms. The van der Waals surface area contributed by atoms with E-state index in [0.29, 0.717) is 23.4 Å². The largest absolute Gasteiger partial charge is 0.381 e. The van der Waals surface area contributed by atoms with Crippen LogP contribution in [-0.4, -0.2) is 16.5 Å². The van der Waals surface area contributed by atoms with Crippen molar-refractivity contribution in [3.63, 3.8) is 0 Å². The van der Waals surface area contributed by atoms with Gasteiger partial charge >= 0.3 is 0 Å². The predicted molar refractivity (Wildman–Crippen MR) is 113 cm³/mol. The fraction of sp³-hybridized carbons (Fsp3) is 0.0909. The van der Waals surface area contributed by atoms with Crippen LogP contribution in [0.5, 0.6) is 0 Å². The molecule has 146 valence electrons. The lowest BCUT2D eigenvalue weighted by atomic mass is 10.1. The van der Waals surface area contributed by atoms with Crippen LogP contribution in [0.1, 0.15) is 28.4 Å². The Balaban J connectivity index is 1.57. The number of non-ortho nitro benzene ring substituents is 1. The average Bonchev–Trinajstić information content (AvgIpc) is 2.77. The number of rotatable bonds is 7. The van der Waals surface area contributed by atoms with Gasteiger partial charge < -0.3 is 5.32 Å². The summed E-state index contributed by atoms with van der Waals surface area (Å²) in [4.78, 5) is 22.5. The molecule has 0 saturated carbocycles. The standard InChI is InChI=1S/C22H20N4O3/c1-16(18-11-13-21(14-12-18)26(28)29)24-25-22(27)19-9-7-17(8-10-19)15-23-20-5-3-2-4-6-20/h2-14,23H,15H2,1H3,(H,25,27)/b24-16+. The van der Waals surface area contributed by atoms with Gasteiger partial charge in [-0.15, -0.1) is 0 Å². The van der Waals surface area contributed by atoms with Crippen LogP contribution >= 0.6 is 0 Å². The molecule has 0 unspecified atom stereocenters. The topological polar surface area (TPSA) is 96.6 Å². The first kappa shape index (κ1) is 19.8. The van der Waals surface area contributed by atoms with Gasteiger partial charge in [-0.3, -0.25) is 14.9 Å². The number of nitrogens with one attached hydrogen (secondary N) is 2. The van der Waals surface area contributed by atoms with E-state index in [0.717, 1.165) is 11.3 Å². The van der Waals surface area contributed by atoms with Crippen LogP contribution in [0, 0.1) is 10.1 Å². The molecule has 0 heterocycles. The molecular weight excluding hydrogens is 368 g/mol. The highest BCUT2D eigenvalue weighted by Crippen LogP contribution is 2.13. The molecule has 0 fully saturated rings. The van der Waals surface area contributed by atoms with E-state index in [1.54, 1.807) is 31.2 Å². The van der Waals surface area contributed by atoms with Crippen LogP contribution in [0.3, 0.4) is 0 Å². The Labute approximate surface area is 168 Å². The third-order valence-electron chi connectivity index (χ3n) is 4.31. The van der Waals surface area contributed by atoms with Crippen LogP contribution in [0.25, 0.3) is 0 Å². The van der Waals surface area contributed by atoms with E-state index >= 15 is 0 Å². The molecule has 2 N–H and O–H groups in total. The van der Waals surface area contributed by atoms with Crippen molar-refractivity contribution in [1.29, 1.82) is 0 Å². The molecule has 0 aliphatic rings. The summed E-state index contributed by atoms with van der Waals surface area (Å²) in [5.41, 5.74) is 6.34. The summed E-state index contributed by atoms with van der Waals surface area (Å²) < 4.78 is 0. The molecule has 7 heteroatoms. The SMILES string of the molecule is C/C(=N\NC(=O)c1ccc(CNc2ccccc2)cc1)c1ccc([N+](=O)[O-])cc1. The van der Waals surface area contributed by atoms with Crippen molar-refractivity contribution in [3.05, 3.63) is 106 Å². The third kappa shape index (κ3) is 5.49. The quantitative estimate of drug-likeness (QED) is 0.357. The number of carbonyl (C=O) groups excluding carboxylic acids is 1. The van der Waals surface area contributed by atoms with Crippen LogP contribution in [-0.2, 0) is 6.54 Å². The van der Waals surface area contributed by atoms with Gasteiger partial charge in [0.15, 0.2) is 0 Å². The van der Waals surface area contributed by atoms with E-state index in [1.807, 2.05) is 42.5 Å². The summed E-state index contributed by atoms with van der Waals surface area (Å²) in [6.45, 7) is 2.38. The van der Waals surface area contributed by atoms with Gasteiger partial charge in [-0.05, 0) is 54.4 Å². The van der Waals surface area contributed by atoms with Gasteiger partial charge in [0.05, 0.1) is 10.6 Å². The molecular formula is C22H20N4O3. The number of hydrogen-bond acceptors (Lipinski definition) is 5. The summed E-state index contributed by atoms with van der Waals surface area (Å²) in [6.07, 6.45) is 0. The highest BCUT2D eigenvalue weighted by atomic mass is 16.6. The summed E-state index contributed by atoms with van der Waals surface area (Å²) in [7, 11) is 0. The molecule has 3 aromatic carbocycles. The van der Waals surface area contributed by atoms with Crippen molar-refractivity contribution >= 4 is 23.0 Å². The Bertz CT molecular complexity index is 1010. The lowest BCUT2D eigenvalue weighted by molar-refractivity contribution is -0.384. The van der Waals surface area contributed by atoms with Gasteiger partial charge in [-0.25, -0.2) is 5.43 Å². The number of nitro benzene ring substituents is 1. The first-order valence-electron chi connectivity index (χ1n) is 9.00. The molecule has 3 aromatic rings. The Hall–Kier alpha value is -4.00. The predicted octanol–water partition coefficient (Wildman–Crippen LogP) is 4.36. The number of nitro groups is 1. The number of nitrogens with zero attached hydrogens (tertiary/aromatic N) is 2. The fourth-order valence-electron chi connectivity index (χ4n) is 2.62. The first-order valence-corrected chi connectivity index (χ1v) is 9.00. The first-order chi connectivity index (χ1) is 14.0. The van der Waals surface area contributed by atoms with E-state index in [2.05, 4.69) is 15.8 Å². The number of amides is 1. The van der Waals surface area contributed by atoms with Crippen molar-refractivity contribution in [2.45, 2.75) is 13.5 Å². The third-order valence-corrected chi connectivity index (χ3v) is 4.31. The van der Waals surface area contributed by atoms with E-state index in [1.165, 1.54) is 12.1 Å². The summed E-state index contributed by atoms with van der Waals surface area (Å²) in [6, 6.07) is 23.1. The molecule has 0 saturated heterocycles. The van der Waals surface area contributed by atoms with Gasteiger partial charge in [0.25, 0.3) is 11.6 Å². The van der Waals surface area contributed by atoms with Crippen molar-refractivity contribution in [2.75, 3.05) is 5.32 Å². The van der Waals surface area contributed by atoms with E-state index in [9.17, 15) is 14.9 Å². The number of anilines is 1. The lowest BCUT2D eigenvalue weighted by Gasteiger charge is -2.07. The summed E-state index contributed by atoms with van der Waals surface area (Å²) in [5.74, 6) is -0.325. The number of para-hydroxylation sites is 1. The maximum absolute atomic E-state index is 12.3. The summed E-state index contributed by atoms with van der Waals surface area (Å²) in [5, 5.41) is 18.1. The smallest absolute Gasteiger partial charge is 0.271 e. The minimum absolute atomic E-state index is 0.00688. The van der Waals surface area contributed by atoms with Gasteiger partial charge in [0, 0.05) is 29.9 Å².